The normalized spacial score (nSPS) is 20.1. The Balaban J connectivity index is 1.80. The molecular weight excluding hydrogens is 346 g/mol. The van der Waals surface area contributed by atoms with E-state index in [1.807, 2.05) is 12.1 Å². The molecule has 0 saturated heterocycles. The first-order chi connectivity index (χ1) is 12.9. The molecule has 2 aliphatic rings. The number of carbonyl (C=O) groups is 1. The molecule has 136 valence electrons. The Morgan fingerprint density at radius 2 is 2.11 bits per heavy atom. The van der Waals surface area contributed by atoms with Crippen LogP contribution in [0.3, 0.4) is 0 Å². The molecule has 27 heavy (non-hydrogen) atoms. The van der Waals surface area contributed by atoms with Crippen molar-refractivity contribution in [2.24, 2.45) is 5.73 Å². The van der Waals surface area contributed by atoms with Crippen LogP contribution in [-0.2, 0) is 28.2 Å². The van der Waals surface area contributed by atoms with Gasteiger partial charge in [0, 0.05) is 10.9 Å². The number of aromatic hydroxyl groups is 1. The number of pyridine rings is 2. The van der Waals surface area contributed by atoms with Gasteiger partial charge in [0.05, 0.1) is 29.0 Å². The molecule has 1 aromatic carbocycles. The summed E-state index contributed by atoms with van der Waals surface area (Å²) in [4.78, 5) is 30.1. The molecule has 0 fully saturated rings. The molecule has 3 aromatic rings. The van der Waals surface area contributed by atoms with Gasteiger partial charge in [0.1, 0.15) is 17.9 Å². The van der Waals surface area contributed by atoms with Crippen LogP contribution in [0.25, 0.3) is 22.3 Å². The number of cyclic esters (lactones) is 1. The number of fused-ring (bicyclic) bond motifs is 5. The number of ether oxygens (including phenoxy) is 1. The van der Waals surface area contributed by atoms with Gasteiger partial charge in [-0.15, -0.1) is 0 Å². The lowest BCUT2D eigenvalue weighted by atomic mass is 9.83. The Morgan fingerprint density at radius 1 is 1.30 bits per heavy atom. The predicted octanol–water partition coefficient (Wildman–Crippen LogP) is 1.75. The average Bonchev–Trinajstić information content (AvgIpc) is 3.01. The minimum absolute atomic E-state index is 0.0636. The van der Waals surface area contributed by atoms with Crippen molar-refractivity contribution in [3.63, 3.8) is 0 Å². The highest BCUT2D eigenvalue weighted by Gasteiger charge is 2.43. The molecule has 7 heteroatoms. The second-order valence-electron chi connectivity index (χ2n) is 7.09. The summed E-state index contributed by atoms with van der Waals surface area (Å²) in [6.45, 7) is 2.12. The Kier molecular flexibility index (Phi) is 3.07. The van der Waals surface area contributed by atoms with Gasteiger partial charge in [0.15, 0.2) is 0 Å². The molecule has 0 bridgehead atoms. The lowest BCUT2D eigenvalue weighted by molar-refractivity contribution is -0.154. The van der Waals surface area contributed by atoms with E-state index in [-0.39, 0.29) is 17.9 Å². The van der Waals surface area contributed by atoms with Crippen LogP contribution in [0.4, 0.5) is 0 Å². The zero-order valence-corrected chi connectivity index (χ0v) is 14.7. The highest BCUT2D eigenvalue weighted by atomic mass is 16.5. The number of nitrogens with two attached hydrogens (primary N) is 1. The summed E-state index contributed by atoms with van der Waals surface area (Å²) in [5.74, 6) is -0.346. The van der Waals surface area contributed by atoms with E-state index >= 15 is 0 Å². The third kappa shape index (κ3) is 2.03. The second kappa shape index (κ2) is 5.17. The standard InChI is InChI=1S/C20H17N3O4/c1-2-20(21)14-7-16-17-11(5-10-6-12(24)3-4-15(10)22-17)8-23(16)18(25)13(14)9-27-19(20)26/h3-7,24H,2,8-9,21H2,1H3/t20-/m0/s1. The number of hydrogen-bond acceptors (Lipinski definition) is 6. The minimum Gasteiger partial charge on any atom is -0.508 e. The maximum Gasteiger partial charge on any atom is 0.331 e. The smallest absolute Gasteiger partial charge is 0.331 e. The van der Waals surface area contributed by atoms with E-state index in [1.54, 1.807) is 29.7 Å². The lowest BCUT2D eigenvalue weighted by Gasteiger charge is -2.32. The van der Waals surface area contributed by atoms with Gasteiger partial charge in [-0.3, -0.25) is 4.79 Å². The van der Waals surface area contributed by atoms with E-state index in [1.165, 1.54) is 0 Å². The highest BCUT2D eigenvalue weighted by Crippen LogP contribution is 2.37. The number of benzene rings is 1. The number of phenols is 1. The molecule has 0 aliphatic carbocycles. The fourth-order valence-corrected chi connectivity index (χ4v) is 4.01. The predicted molar refractivity (Wildman–Crippen MR) is 98.2 cm³/mol. The van der Waals surface area contributed by atoms with Crippen LogP contribution >= 0.6 is 0 Å². The molecule has 5 rings (SSSR count). The fraction of sp³-hybridized carbons (Fsp3) is 0.250. The first-order valence-electron chi connectivity index (χ1n) is 8.78. The van der Waals surface area contributed by atoms with Crippen LogP contribution in [0, 0.1) is 0 Å². The zero-order valence-electron chi connectivity index (χ0n) is 14.7. The summed E-state index contributed by atoms with van der Waals surface area (Å²) >= 11 is 0. The fourth-order valence-electron chi connectivity index (χ4n) is 4.01. The molecule has 0 spiro atoms. The topological polar surface area (TPSA) is 107 Å². The van der Waals surface area contributed by atoms with E-state index in [4.69, 9.17) is 15.5 Å². The van der Waals surface area contributed by atoms with Gasteiger partial charge in [0.25, 0.3) is 5.56 Å². The van der Waals surface area contributed by atoms with Crippen molar-refractivity contribution in [3.05, 3.63) is 57.4 Å². The van der Waals surface area contributed by atoms with Crippen LogP contribution in [0.1, 0.15) is 30.0 Å². The van der Waals surface area contributed by atoms with Gasteiger partial charge < -0.3 is 20.1 Å². The van der Waals surface area contributed by atoms with Crippen LogP contribution in [0.2, 0.25) is 0 Å². The van der Waals surface area contributed by atoms with E-state index in [0.29, 0.717) is 35.5 Å². The number of carbonyl (C=O) groups excluding carboxylic acids is 1. The van der Waals surface area contributed by atoms with Crippen molar-refractivity contribution in [3.8, 4) is 17.1 Å². The van der Waals surface area contributed by atoms with Crippen molar-refractivity contribution in [1.82, 2.24) is 9.55 Å². The number of rotatable bonds is 1. The SMILES string of the molecule is CC[C@@]1(N)C(=O)OCc2c1cc1n(c2=O)Cc2cc3cc(O)ccc3nc2-1. The molecular formula is C20H17N3O4. The number of nitrogens with zero attached hydrogens (tertiary/aromatic N) is 2. The molecule has 1 atom stereocenters. The Morgan fingerprint density at radius 3 is 2.89 bits per heavy atom. The molecule has 2 aromatic heterocycles. The third-order valence-electron chi connectivity index (χ3n) is 5.60. The quantitative estimate of drug-likeness (QED) is 0.499. The number of hydrogen-bond donors (Lipinski definition) is 2. The van der Waals surface area contributed by atoms with Crippen molar-refractivity contribution in [2.75, 3.05) is 0 Å². The second-order valence-corrected chi connectivity index (χ2v) is 7.09. The Labute approximate surface area is 154 Å². The van der Waals surface area contributed by atoms with Crippen LogP contribution in [-0.4, -0.2) is 20.6 Å². The minimum atomic E-state index is -1.33. The third-order valence-corrected chi connectivity index (χ3v) is 5.60. The van der Waals surface area contributed by atoms with Gasteiger partial charge in [-0.05, 0) is 42.3 Å². The summed E-state index contributed by atoms with van der Waals surface area (Å²) in [5, 5.41) is 10.5. The first-order valence-corrected chi connectivity index (χ1v) is 8.78. The molecule has 4 heterocycles. The van der Waals surface area contributed by atoms with E-state index in [9.17, 15) is 14.7 Å². The van der Waals surface area contributed by atoms with Gasteiger partial charge in [-0.1, -0.05) is 6.92 Å². The van der Waals surface area contributed by atoms with Crippen molar-refractivity contribution >= 4 is 16.9 Å². The molecule has 7 nitrogen and oxygen atoms in total. The Hall–Kier alpha value is -3.19. The summed E-state index contributed by atoms with van der Waals surface area (Å²) in [6, 6.07) is 8.70. The number of phenolic OH excluding ortho intramolecular Hbond substituents is 1. The van der Waals surface area contributed by atoms with Gasteiger partial charge in [-0.25, -0.2) is 9.78 Å². The van der Waals surface area contributed by atoms with E-state index in [0.717, 1.165) is 16.5 Å². The maximum atomic E-state index is 13.1. The van der Waals surface area contributed by atoms with Gasteiger partial charge in [-0.2, -0.15) is 0 Å². The van der Waals surface area contributed by atoms with Crippen molar-refractivity contribution < 1.29 is 14.6 Å². The molecule has 0 radical (unpaired) electrons. The molecule has 3 N–H and O–H groups in total. The van der Waals surface area contributed by atoms with Crippen LogP contribution < -0.4 is 11.3 Å². The van der Waals surface area contributed by atoms with E-state index < -0.39 is 11.5 Å². The largest absolute Gasteiger partial charge is 0.508 e. The molecule has 0 unspecified atom stereocenters. The summed E-state index contributed by atoms with van der Waals surface area (Å²) < 4.78 is 6.83. The zero-order chi connectivity index (χ0) is 18.9. The van der Waals surface area contributed by atoms with E-state index in [2.05, 4.69) is 0 Å². The number of aromatic nitrogens is 2. The van der Waals surface area contributed by atoms with Crippen LogP contribution in [0.5, 0.6) is 5.75 Å². The maximum absolute atomic E-state index is 13.1. The molecule has 0 amide bonds. The van der Waals surface area contributed by atoms with Crippen LogP contribution in [0.15, 0.2) is 35.1 Å². The summed E-state index contributed by atoms with van der Waals surface area (Å²) in [6.07, 6.45) is 0.332. The average molecular weight is 363 g/mol. The Bertz CT molecular complexity index is 1210. The lowest BCUT2D eigenvalue weighted by Crippen LogP contribution is -2.50. The summed E-state index contributed by atoms with van der Waals surface area (Å²) in [7, 11) is 0. The highest BCUT2D eigenvalue weighted by molar-refractivity contribution is 5.87. The monoisotopic (exact) mass is 363 g/mol. The molecule has 2 aliphatic heterocycles. The van der Waals surface area contributed by atoms with Crippen molar-refractivity contribution in [1.29, 1.82) is 0 Å². The van der Waals surface area contributed by atoms with Gasteiger partial charge in [0.2, 0.25) is 0 Å². The van der Waals surface area contributed by atoms with Crippen molar-refractivity contribution in [2.45, 2.75) is 32.0 Å². The summed E-state index contributed by atoms with van der Waals surface area (Å²) in [5.41, 5.74) is 8.72. The first kappa shape index (κ1) is 16.0. The van der Waals surface area contributed by atoms with Gasteiger partial charge >= 0.3 is 5.97 Å². The molecule has 0 saturated carbocycles. The number of esters is 1.